The topological polar surface area (TPSA) is 135 Å². The lowest BCUT2D eigenvalue weighted by atomic mass is 10.0. The van der Waals surface area contributed by atoms with Crippen LogP contribution in [0.2, 0.25) is 0 Å². The molecule has 0 saturated carbocycles. The fraction of sp³-hybridized carbons (Fsp3) is 0.423. The Morgan fingerprint density at radius 1 is 0.974 bits per heavy atom. The van der Waals surface area contributed by atoms with Gasteiger partial charge in [0.1, 0.15) is 12.2 Å². The second-order valence-corrected chi connectivity index (χ2v) is 9.57. The summed E-state index contributed by atoms with van der Waals surface area (Å²) in [5.41, 5.74) is 5.53. The van der Waals surface area contributed by atoms with Crippen molar-refractivity contribution in [3.05, 3.63) is 58.1 Å². The molecule has 3 heterocycles. The third-order valence-electron chi connectivity index (χ3n) is 6.96. The number of carbonyl (C=O) groups is 1. The van der Waals surface area contributed by atoms with Gasteiger partial charge in [0.05, 0.1) is 11.1 Å². The molecule has 0 aliphatic carbocycles. The molecule has 2 saturated heterocycles. The van der Waals surface area contributed by atoms with Crippen molar-refractivity contribution in [1.82, 2.24) is 25.6 Å². The van der Waals surface area contributed by atoms with Crippen molar-refractivity contribution < 1.29 is 9.72 Å². The smallest absolute Gasteiger partial charge is 0.293 e. The van der Waals surface area contributed by atoms with E-state index in [1.54, 1.807) is 6.07 Å². The summed E-state index contributed by atoms with van der Waals surface area (Å²) in [5.74, 6) is 0.0609. The molecule has 2 fully saturated rings. The van der Waals surface area contributed by atoms with E-state index >= 15 is 0 Å². The first-order valence-corrected chi connectivity index (χ1v) is 13.1. The van der Waals surface area contributed by atoms with E-state index in [-0.39, 0.29) is 17.2 Å². The molecule has 1 N–H and O–H groups in total. The van der Waals surface area contributed by atoms with Crippen molar-refractivity contribution in [2.45, 2.75) is 45.1 Å². The SMILES string of the molecule is O=C(Cn1nnnc1-c1ccccc1)NN=Cc1cc([N+](=O)[O-])c(N2CCCCC2)cc1N1CCCCC1. The highest BCUT2D eigenvalue weighted by Gasteiger charge is 2.26. The normalized spacial score (nSPS) is 16.1. The number of rotatable bonds is 8. The zero-order valence-electron chi connectivity index (χ0n) is 21.2. The predicted molar refractivity (Wildman–Crippen MR) is 144 cm³/mol. The molecule has 198 valence electrons. The van der Waals surface area contributed by atoms with E-state index in [1.165, 1.54) is 17.3 Å². The first kappa shape index (κ1) is 25.3. The quantitative estimate of drug-likeness (QED) is 0.273. The van der Waals surface area contributed by atoms with E-state index in [1.807, 2.05) is 36.4 Å². The maximum absolute atomic E-state index is 12.6. The van der Waals surface area contributed by atoms with E-state index < -0.39 is 5.91 Å². The summed E-state index contributed by atoms with van der Waals surface area (Å²) in [7, 11) is 0. The number of nitrogens with zero attached hydrogens (tertiary/aromatic N) is 8. The number of hydrogen-bond donors (Lipinski definition) is 1. The van der Waals surface area contributed by atoms with Gasteiger partial charge in [0, 0.05) is 49.1 Å². The molecule has 12 heteroatoms. The van der Waals surface area contributed by atoms with Crippen LogP contribution >= 0.6 is 0 Å². The predicted octanol–water partition coefficient (Wildman–Crippen LogP) is 3.38. The largest absolute Gasteiger partial charge is 0.371 e. The Bertz CT molecular complexity index is 1300. The Morgan fingerprint density at radius 2 is 1.63 bits per heavy atom. The number of carbonyl (C=O) groups excluding carboxylic acids is 1. The molecule has 38 heavy (non-hydrogen) atoms. The summed E-state index contributed by atoms with van der Waals surface area (Å²) < 4.78 is 1.40. The van der Waals surface area contributed by atoms with Crippen molar-refractivity contribution >= 4 is 29.2 Å². The maximum Gasteiger partial charge on any atom is 0.293 e. The van der Waals surface area contributed by atoms with Crippen molar-refractivity contribution in [3.63, 3.8) is 0 Å². The molecule has 3 aromatic rings. The Balaban J connectivity index is 1.37. The number of anilines is 2. The molecule has 1 amide bonds. The molecular formula is C26H31N9O3. The standard InChI is InChI=1S/C26H31N9O3/c36-25(19-34-26(29-30-31-34)20-10-4-1-5-11-20)28-27-18-21-16-24(35(37)38)23(33-14-8-3-9-15-33)17-22(21)32-12-6-2-7-13-32/h1,4-5,10-11,16-18H,2-3,6-9,12-15,19H2,(H,28,36). The molecule has 2 aliphatic rings. The molecule has 1 aromatic heterocycles. The monoisotopic (exact) mass is 517 g/mol. The minimum Gasteiger partial charge on any atom is -0.371 e. The van der Waals surface area contributed by atoms with Crippen LogP contribution in [0.5, 0.6) is 0 Å². The number of amides is 1. The zero-order valence-corrected chi connectivity index (χ0v) is 21.2. The molecule has 0 bridgehead atoms. The van der Waals surface area contributed by atoms with Gasteiger partial charge < -0.3 is 9.80 Å². The summed E-state index contributed by atoms with van der Waals surface area (Å²) in [5, 5.41) is 27.8. The zero-order chi connectivity index (χ0) is 26.3. The van der Waals surface area contributed by atoms with Crippen LogP contribution in [0, 0.1) is 10.1 Å². The van der Waals surface area contributed by atoms with Crippen LogP contribution in [0.4, 0.5) is 17.1 Å². The van der Waals surface area contributed by atoms with E-state index in [0.717, 1.165) is 69.5 Å². The molecule has 0 spiro atoms. The first-order chi connectivity index (χ1) is 18.6. The number of tetrazole rings is 1. The van der Waals surface area contributed by atoms with Crippen LogP contribution in [-0.2, 0) is 11.3 Å². The lowest BCUT2D eigenvalue weighted by Crippen LogP contribution is -2.32. The Hall–Kier alpha value is -4.35. The van der Waals surface area contributed by atoms with Crippen molar-refractivity contribution in [2.75, 3.05) is 36.0 Å². The Kier molecular flexibility index (Phi) is 7.86. The first-order valence-electron chi connectivity index (χ1n) is 13.1. The van der Waals surface area contributed by atoms with Crippen molar-refractivity contribution in [3.8, 4) is 11.4 Å². The highest BCUT2D eigenvalue weighted by Crippen LogP contribution is 2.37. The van der Waals surface area contributed by atoms with Gasteiger partial charge in [-0.15, -0.1) is 5.10 Å². The molecule has 5 rings (SSSR count). The molecule has 0 unspecified atom stereocenters. The number of benzene rings is 2. The van der Waals surface area contributed by atoms with Crippen molar-refractivity contribution in [2.24, 2.45) is 5.10 Å². The Morgan fingerprint density at radius 3 is 2.29 bits per heavy atom. The number of hydrogen-bond acceptors (Lipinski definition) is 9. The molecule has 12 nitrogen and oxygen atoms in total. The van der Waals surface area contributed by atoms with E-state index in [9.17, 15) is 14.9 Å². The van der Waals surface area contributed by atoms with Crippen LogP contribution in [0.25, 0.3) is 11.4 Å². The van der Waals surface area contributed by atoms with Gasteiger partial charge in [-0.05, 0) is 55.0 Å². The summed E-state index contributed by atoms with van der Waals surface area (Å²) in [6, 6.07) is 12.9. The molecule has 0 radical (unpaired) electrons. The van der Waals surface area contributed by atoms with Crippen molar-refractivity contribution in [1.29, 1.82) is 0 Å². The summed E-state index contributed by atoms with van der Waals surface area (Å²) >= 11 is 0. The van der Waals surface area contributed by atoms with E-state index in [4.69, 9.17) is 0 Å². The third kappa shape index (κ3) is 5.79. The van der Waals surface area contributed by atoms with Crippen LogP contribution in [0.1, 0.15) is 44.1 Å². The second kappa shape index (κ2) is 11.8. The highest BCUT2D eigenvalue weighted by atomic mass is 16.6. The summed E-state index contributed by atoms with van der Waals surface area (Å²) in [6.45, 7) is 3.26. The number of hydrazone groups is 1. The maximum atomic E-state index is 12.6. The average molecular weight is 518 g/mol. The highest BCUT2D eigenvalue weighted by molar-refractivity contribution is 5.93. The van der Waals surface area contributed by atoms with Gasteiger partial charge in [-0.25, -0.2) is 10.1 Å². The fourth-order valence-electron chi connectivity index (χ4n) is 5.08. The minimum atomic E-state index is -0.412. The molecular weight excluding hydrogens is 486 g/mol. The van der Waals surface area contributed by atoms with Gasteiger partial charge in [-0.3, -0.25) is 14.9 Å². The van der Waals surface area contributed by atoms with Crippen LogP contribution in [0.3, 0.4) is 0 Å². The molecule has 2 aliphatic heterocycles. The van der Waals surface area contributed by atoms with Gasteiger partial charge in [-0.2, -0.15) is 5.10 Å². The summed E-state index contributed by atoms with van der Waals surface area (Å²) in [6.07, 6.45) is 8.00. The summed E-state index contributed by atoms with van der Waals surface area (Å²) in [4.78, 5) is 28.7. The number of nitro groups is 1. The number of nitrogens with one attached hydrogen (secondary N) is 1. The fourth-order valence-corrected chi connectivity index (χ4v) is 5.08. The number of nitro benzene ring substituents is 1. The molecule has 2 aromatic carbocycles. The second-order valence-electron chi connectivity index (χ2n) is 9.57. The minimum absolute atomic E-state index is 0.0571. The lowest BCUT2D eigenvalue weighted by Gasteiger charge is -2.33. The third-order valence-corrected chi connectivity index (χ3v) is 6.96. The van der Waals surface area contributed by atoms with Crippen LogP contribution in [0.15, 0.2) is 47.6 Å². The average Bonchev–Trinajstić information content (AvgIpc) is 3.42. The lowest BCUT2D eigenvalue weighted by molar-refractivity contribution is -0.384. The molecule has 0 atom stereocenters. The van der Waals surface area contributed by atoms with Crippen LogP contribution < -0.4 is 15.2 Å². The van der Waals surface area contributed by atoms with E-state index in [0.29, 0.717) is 17.1 Å². The number of piperidine rings is 2. The number of aromatic nitrogens is 4. The van der Waals surface area contributed by atoms with Gasteiger partial charge >= 0.3 is 0 Å². The van der Waals surface area contributed by atoms with Crippen LogP contribution in [-0.4, -0.2) is 63.4 Å². The van der Waals surface area contributed by atoms with Gasteiger partial charge in [0.15, 0.2) is 5.82 Å². The van der Waals surface area contributed by atoms with Gasteiger partial charge in [-0.1, -0.05) is 30.3 Å². The van der Waals surface area contributed by atoms with Gasteiger partial charge in [0.25, 0.3) is 11.6 Å². The Labute approximate surface area is 220 Å². The van der Waals surface area contributed by atoms with Gasteiger partial charge in [0.2, 0.25) is 0 Å². The van der Waals surface area contributed by atoms with E-state index in [2.05, 4.69) is 35.9 Å².